The Morgan fingerprint density at radius 2 is 2.12 bits per heavy atom. The number of benzene rings is 1. The summed E-state index contributed by atoms with van der Waals surface area (Å²) in [5.41, 5.74) is 1.39. The summed E-state index contributed by atoms with van der Waals surface area (Å²) in [5, 5.41) is 28.7. The van der Waals surface area contributed by atoms with Crippen LogP contribution in [0.25, 0.3) is 0 Å². The SMILES string of the molecule is CC(C)(C)c1cc(Br)c(O)c(C=NN=C2NC(=O)C(CC(=O)O)S2)c1. The summed E-state index contributed by atoms with van der Waals surface area (Å²) in [6.07, 6.45) is 1.11. The van der Waals surface area contributed by atoms with Crippen molar-refractivity contribution >= 4 is 51.0 Å². The molecule has 0 aromatic heterocycles. The van der Waals surface area contributed by atoms with E-state index in [0.717, 1.165) is 17.3 Å². The van der Waals surface area contributed by atoms with Crippen LogP contribution in [0.2, 0.25) is 0 Å². The van der Waals surface area contributed by atoms with Gasteiger partial charge in [-0.2, -0.15) is 5.10 Å². The first kappa shape index (κ1) is 19.5. The van der Waals surface area contributed by atoms with Gasteiger partial charge in [0.05, 0.1) is 17.1 Å². The summed E-state index contributed by atoms with van der Waals surface area (Å²) < 4.78 is 0.555. The molecule has 1 aromatic carbocycles. The molecule has 1 fully saturated rings. The number of carboxylic acids is 1. The van der Waals surface area contributed by atoms with Crippen molar-refractivity contribution in [1.29, 1.82) is 0 Å². The molecule has 0 spiro atoms. The van der Waals surface area contributed by atoms with Crippen molar-refractivity contribution in [2.75, 3.05) is 0 Å². The molecule has 9 heteroatoms. The van der Waals surface area contributed by atoms with Crippen LogP contribution in [0.15, 0.2) is 26.8 Å². The first-order valence-corrected chi connectivity index (χ1v) is 9.08. The molecule has 1 saturated heterocycles. The molecule has 134 valence electrons. The molecule has 1 heterocycles. The maximum Gasteiger partial charge on any atom is 0.305 e. The molecule has 2 rings (SSSR count). The average molecular weight is 428 g/mol. The van der Waals surface area contributed by atoms with E-state index in [1.54, 1.807) is 0 Å². The maximum absolute atomic E-state index is 11.6. The number of rotatable bonds is 4. The molecule has 0 aliphatic carbocycles. The lowest BCUT2D eigenvalue weighted by atomic mass is 9.86. The topological polar surface area (TPSA) is 111 Å². The minimum absolute atomic E-state index is 0.0452. The van der Waals surface area contributed by atoms with E-state index in [-0.39, 0.29) is 22.8 Å². The molecule has 1 amide bonds. The predicted molar refractivity (Wildman–Crippen MR) is 101 cm³/mol. The van der Waals surface area contributed by atoms with Gasteiger partial charge >= 0.3 is 5.97 Å². The van der Waals surface area contributed by atoms with E-state index in [9.17, 15) is 14.7 Å². The van der Waals surface area contributed by atoms with Crippen LogP contribution >= 0.6 is 27.7 Å². The van der Waals surface area contributed by atoms with E-state index in [1.807, 2.05) is 12.1 Å². The predicted octanol–water partition coefficient (Wildman–Crippen LogP) is 2.85. The standard InChI is InChI=1S/C16H18BrN3O4S/c1-16(2,3)9-4-8(13(23)10(17)5-9)7-18-20-15-19-14(24)11(25-15)6-12(21)22/h4-5,7,11,23H,6H2,1-3H3,(H,21,22)(H,19,20,24). The highest BCUT2D eigenvalue weighted by Crippen LogP contribution is 2.33. The number of nitrogens with one attached hydrogen (secondary N) is 1. The number of aromatic hydroxyl groups is 1. The molecular weight excluding hydrogens is 410 g/mol. The molecule has 0 radical (unpaired) electrons. The Hall–Kier alpha value is -1.87. The van der Waals surface area contributed by atoms with Crippen LogP contribution in [0, 0.1) is 0 Å². The summed E-state index contributed by atoms with van der Waals surface area (Å²) in [6.45, 7) is 6.17. The second-order valence-electron chi connectivity index (χ2n) is 6.49. The van der Waals surface area contributed by atoms with E-state index in [4.69, 9.17) is 5.11 Å². The van der Waals surface area contributed by atoms with Crippen LogP contribution in [0.4, 0.5) is 0 Å². The normalized spacial score (nSPS) is 19.6. The van der Waals surface area contributed by atoms with E-state index in [0.29, 0.717) is 10.0 Å². The number of carbonyl (C=O) groups is 2. The fourth-order valence-corrected chi connectivity index (χ4v) is 3.43. The number of carboxylic acid groups (broad SMARTS) is 1. The van der Waals surface area contributed by atoms with Crippen LogP contribution in [-0.2, 0) is 15.0 Å². The molecular formula is C16H18BrN3O4S. The Bertz CT molecular complexity index is 771. The molecule has 7 nitrogen and oxygen atoms in total. The fraction of sp³-hybridized carbons (Fsp3) is 0.375. The number of phenols is 1. The van der Waals surface area contributed by atoms with Crippen molar-refractivity contribution in [3.05, 3.63) is 27.7 Å². The summed E-state index contributed by atoms with van der Waals surface area (Å²) in [6, 6.07) is 3.67. The number of phenolic OH excluding ortho intramolecular Hbond substituents is 1. The molecule has 1 aliphatic heterocycles. The Morgan fingerprint density at radius 1 is 1.44 bits per heavy atom. The van der Waals surface area contributed by atoms with Gasteiger partial charge in [0.1, 0.15) is 11.0 Å². The molecule has 25 heavy (non-hydrogen) atoms. The first-order chi connectivity index (χ1) is 11.6. The zero-order chi connectivity index (χ0) is 18.8. The van der Waals surface area contributed by atoms with Crippen LogP contribution in [0.5, 0.6) is 5.75 Å². The van der Waals surface area contributed by atoms with Crippen molar-refractivity contribution in [3.8, 4) is 5.75 Å². The van der Waals surface area contributed by atoms with Gasteiger partial charge in [-0.1, -0.05) is 32.5 Å². The minimum atomic E-state index is -1.05. The van der Waals surface area contributed by atoms with Gasteiger partial charge in [-0.25, -0.2) is 0 Å². The van der Waals surface area contributed by atoms with Crippen molar-refractivity contribution in [3.63, 3.8) is 0 Å². The highest BCUT2D eigenvalue weighted by atomic mass is 79.9. The van der Waals surface area contributed by atoms with Gasteiger partial charge in [0.2, 0.25) is 5.91 Å². The Balaban J connectivity index is 2.19. The van der Waals surface area contributed by atoms with E-state index >= 15 is 0 Å². The van der Waals surface area contributed by atoms with Crippen molar-refractivity contribution in [2.24, 2.45) is 10.2 Å². The second-order valence-corrected chi connectivity index (χ2v) is 8.54. The first-order valence-electron chi connectivity index (χ1n) is 7.41. The quantitative estimate of drug-likeness (QED) is 0.505. The highest BCUT2D eigenvalue weighted by Gasteiger charge is 2.32. The Morgan fingerprint density at radius 3 is 2.72 bits per heavy atom. The summed E-state index contributed by atoms with van der Waals surface area (Å²) >= 11 is 4.34. The van der Waals surface area contributed by atoms with Gasteiger partial charge < -0.3 is 15.5 Å². The molecule has 0 bridgehead atoms. The Labute approximate surface area is 157 Å². The second kappa shape index (κ2) is 7.57. The number of amidine groups is 1. The lowest BCUT2D eigenvalue weighted by molar-refractivity contribution is -0.138. The number of halogens is 1. The highest BCUT2D eigenvalue weighted by molar-refractivity contribution is 9.10. The Kier molecular flexibility index (Phi) is 5.89. The third-order valence-electron chi connectivity index (χ3n) is 3.44. The molecule has 3 N–H and O–H groups in total. The fourth-order valence-electron chi connectivity index (χ4n) is 2.04. The molecule has 1 atom stereocenters. The number of carbonyl (C=O) groups excluding carboxylic acids is 1. The number of amides is 1. The molecule has 1 aliphatic rings. The van der Waals surface area contributed by atoms with Crippen molar-refractivity contribution in [2.45, 2.75) is 37.9 Å². The van der Waals surface area contributed by atoms with Gasteiger partial charge in [0.15, 0.2) is 5.17 Å². The van der Waals surface area contributed by atoms with E-state index in [1.165, 1.54) is 6.21 Å². The molecule has 1 aromatic rings. The largest absolute Gasteiger partial charge is 0.506 e. The summed E-state index contributed by atoms with van der Waals surface area (Å²) in [5.74, 6) is -1.41. The van der Waals surface area contributed by atoms with Gasteiger partial charge in [0, 0.05) is 5.56 Å². The third kappa shape index (κ3) is 5.05. The molecule has 0 saturated carbocycles. The number of hydrogen-bond donors (Lipinski definition) is 3. The summed E-state index contributed by atoms with van der Waals surface area (Å²) in [7, 11) is 0. The number of nitrogens with zero attached hydrogens (tertiary/aromatic N) is 2. The number of hydrogen-bond acceptors (Lipinski definition) is 6. The zero-order valence-electron chi connectivity index (χ0n) is 13.9. The van der Waals surface area contributed by atoms with Crippen molar-refractivity contribution in [1.82, 2.24) is 5.32 Å². The summed E-state index contributed by atoms with van der Waals surface area (Å²) in [4.78, 5) is 22.3. The third-order valence-corrected chi connectivity index (χ3v) is 5.12. The van der Waals surface area contributed by atoms with Gasteiger partial charge in [-0.15, -0.1) is 5.10 Å². The van der Waals surface area contributed by atoms with Gasteiger partial charge in [-0.05, 0) is 39.0 Å². The van der Waals surface area contributed by atoms with E-state index < -0.39 is 17.1 Å². The monoisotopic (exact) mass is 427 g/mol. The van der Waals surface area contributed by atoms with Crippen LogP contribution in [-0.4, -0.2) is 38.7 Å². The van der Waals surface area contributed by atoms with Gasteiger partial charge in [-0.3, -0.25) is 9.59 Å². The van der Waals surface area contributed by atoms with Gasteiger partial charge in [0.25, 0.3) is 0 Å². The average Bonchev–Trinajstić information content (AvgIpc) is 2.81. The molecule has 1 unspecified atom stereocenters. The van der Waals surface area contributed by atoms with Crippen LogP contribution in [0.1, 0.15) is 38.3 Å². The zero-order valence-corrected chi connectivity index (χ0v) is 16.3. The number of thioether (sulfide) groups is 1. The van der Waals surface area contributed by atoms with Crippen LogP contribution in [0.3, 0.4) is 0 Å². The number of aliphatic carboxylic acids is 1. The van der Waals surface area contributed by atoms with E-state index in [2.05, 4.69) is 52.2 Å². The van der Waals surface area contributed by atoms with Crippen molar-refractivity contribution < 1.29 is 19.8 Å². The maximum atomic E-state index is 11.6. The minimum Gasteiger partial charge on any atom is -0.506 e. The van der Waals surface area contributed by atoms with Crippen LogP contribution < -0.4 is 5.32 Å². The smallest absolute Gasteiger partial charge is 0.305 e. The lowest BCUT2D eigenvalue weighted by Gasteiger charge is -2.20. The lowest BCUT2D eigenvalue weighted by Crippen LogP contribution is -2.26.